The van der Waals surface area contributed by atoms with Crippen LogP contribution in [0.3, 0.4) is 0 Å². The molecule has 0 aromatic heterocycles. The Morgan fingerprint density at radius 1 is 1.09 bits per heavy atom. The number of nitrogens with two attached hydrogens (primary N) is 1. The van der Waals surface area contributed by atoms with Crippen LogP contribution in [0.15, 0.2) is 47.4 Å². The Labute approximate surface area is 230 Å². The van der Waals surface area contributed by atoms with Crippen molar-refractivity contribution in [3.8, 4) is 0 Å². The van der Waals surface area contributed by atoms with Crippen LogP contribution < -0.4 is 40.6 Å². The Balaban J connectivity index is 0.00000289. The second-order valence-corrected chi connectivity index (χ2v) is 11.8. The quantitative estimate of drug-likeness (QED) is 0.550. The van der Waals surface area contributed by atoms with Gasteiger partial charge in [0.1, 0.15) is 10.0 Å². The molecule has 6 rings (SSSR count). The molecule has 2 atom stereocenters. The van der Waals surface area contributed by atoms with Gasteiger partial charge in [-0.3, -0.25) is 9.59 Å². The number of nitrogens with one attached hydrogen (secondary N) is 1. The number of hydrogen-bond acceptors (Lipinski definition) is 4. The van der Waals surface area contributed by atoms with E-state index in [4.69, 9.17) is 17.3 Å². The van der Waals surface area contributed by atoms with Crippen molar-refractivity contribution in [1.29, 1.82) is 0 Å². The van der Waals surface area contributed by atoms with Crippen molar-refractivity contribution in [2.24, 2.45) is 28.9 Å². The van der Waals surface area contributed by atoms with Gasteiger partial charge in [0.05, 0.1) is 9.92 Å². The van der Waals surface area contributed by atoms with Crippen molar-refractivity contribution in [3.63, 3.8) is 0 Å². The number of nitrogens with zero attached hydrogens (tertiary/aromatic N) is 1. The van der Waals surface area contributed by atoms with Crippen LogP contribution in [0.2, 0.25) is 5.02 Å². The summed E-state index contributed by atoms with van der Waals surface area (Å²) in [7, 11) is -4.37. The summed E-state index contributed by atoms with van der Waals surface area (Å²) >= 11 is 5.70. The van der Waals surface area contributed by atoms with Crippen LogP contribution >= 0.6 is 11.6 Å². The molecule has 180 valence electrons. The fourth-order valence-electron chi connectivity index (χ4n) is 6.37. The van der Waals surface area contributed by atoms with Gasteiger partial charge < -0.3 is 15.8 Å². The maximum absolute atomic E-state index is 14.2. The summed E-state index contributed by atoms with van der Waals surface area (Å²) < 4.78 is 43.2. The Morgan fingerprint density at radius 3 is 2.40 bits per heavy atom. The number of benzene rings is 2. The van der Waals surface area contributed by atoms with E-state index in [1.165, 1.54) is 30.3 Å². The van der Waals surface area contributed by atoms with Gasteiger partial charge in [-0.1, -0.05) is 35.9 Å². The summed E-state index contributed by atoms with van der Waals surface area (Å²) in [5.74, 6) is -0.782. The molecular formula is C24H24ClFN3NaO4S. The molecule has 4 saturated carbocycles. The van der Waals surface area contributed by atoms with Gasteiger partial charge in [0.15, 0.2) is 5.82 Å². The molecule has 2 aromatic carbocycles. The van der Waals surface area contributed by atoms with E-state index in [2.05, 4.69) is 10.0 Å². The number of carbonyl (C=O) groups is 2. The third-order valence-electron chi connectivity index (χ3n) is 7.62. The number of amides is 2. The van der Waals surface area contributed by atoms with Gasteiger partial charge in [0.2, 0.25) is 5.91 Å². The molecule has 11 heteroatoms. The van der Waals surface area contributed by atoms with Gasteiger partial charge in [-0.15, -0.1) is 5.69 Å². The van der Waals surface area contributed by atoms with E-state index in [1.54, 1.807) is 6.07 Å². The Morgan fingerprint density at radius 2 is 1.74 bits per heavy atom. The fourth-order valence-corrected chi connectivity index (χ4v) is 7.68. The van der Waals surface area contributed by atoms with Crippen LogP contribution in [-0.4, -0.2) is 26.3 Å². The first-order valence-corrected chi connectivity index (χ1v) is 13.0. The molecule has 2 unspecified atom stereocenters. The zero-order chi connectivity index (χ0) is 24.3. The van der Waals surface area contributed by atoms with Gasteiger partial charge in [0.25, 0.3) is 5.91 Å². The fraction of sp³-hybridized carbons (Fsp3) is 0.417. The maximum Gasteiger partial charge on any atom is 1.00 e. The molecule has 0 radical (unpaired) electrons. The first-order valence-electron chi connectivity index (χ1n) is 11.2. The third-order valence-corrected chi connectivity index (χ3v) is 9.24. The minimum absolute atomic E-state index is 0. The number of carbonyl (C=O) groups excluding carboxylic acids is 2. The van der Waals surface area contributed by atoms with Crippen LogP contribution in [-0.2, 0) is 14.8 Å². The minimum atomic E-state index is -4.37. The molecule has 0 saturated heterocycles. The molecular weight excluding hydrogens is 504 g/mol. The molecule has 7 nitrogen and oxygen atoms in total. The Bertz CT molecular complexity index is 1280. The van der Waals surface area contributed by atoms with Crippen LogP contribution in [0.25, 0.3) is 4.72 Å². The largest absolute Gasteiger partial charge is 1.00 e. The number of sulfonamides is 1. The van der Waals surface area contributed by atoms with Crippen molar-refractivity contribution >= 4 is 39.1 Å². The van der Waals surface area contributed by atoms with E-state index in [0.717, 1.165) is 25.3 Å². The van der Waals surface area contributed by atoms with E-state index in [1.807, 2.05) is 0 Å². The molecule has 35 heavy (non-hydrogen) atoms. The molecule has 0 heterocycles. The topological polar surface area (TPSA) is 120 Å². The van der Waals surface area contributed by atoms with E-state index >= 15 is 0 Å². The van der Waals surface area contributed by atoms with E-state index < -0.39 is 26.2 Å². The van der Waals surface area contributed by atoms with E-state index in [0.29, 0.717) is 18.8 Å². The van der Waals surface area contributed by atoms with Crippen molar-refractivity contribution in [1.82, 2.24) is 5.32 Å². The van der Waals surface area contributed by atoms with Gasteiger partial charge in [-0.2, -0.15) is 0 Å². The monoisotopic (exact) mass is 527 g/mol. The molecule has 4 aliphatic carbocycles. The first-order chi connectivity index (χ1) is 16.1. The molecule has 0 aliphatic heterocycles. The summed E-state index contributed by atoms with van der Waals surface area (Å²) in [5.41, 5.74) is 5.55. The zero-order valence-electron chi connectivity index (χ0n) is 19.2. The van der Waals surface area contributed by atoms with Crippen molar-refractivity contribution < 1.29 is 52.0 Å². The summed E-state index contributed by atoms with van der Waals surface area (Å²) in [6, 6.07) is 9.48. The number of rotatable bonds is 6. The van der Waals surface area contributed by atoms with Crippen LogP contribution in [0.1, 0.15) is 42.5 Å². The average molecular weight is 528 g/mol. The van der Waals surface area contributed by atoms with Crippen molar-refractivity contribution in [2.45, 2.75) is 43.0 Å². The minimum Gasteiger partial charge on any atom is -0.573 e. The molecule has 4 bridgehead atoms. The Hall–Kier alpha value is -1.65. The van der Waals surface area contributed by atoms with Crippen molar-refractivity contribution in [3.05, 3.63) is 63.6 Å². The Kier molecular flexibility index (Phi) is 7.30. The van der Waals surface area contributed by atoms with Crippen LogP contribution in [0.5, 0.6) is 0 Å². The van der Waals surface area contributed by atoms with Gasteiger partial charge in [-0.25, -0.2) is 12.8 Å². The van der Waals surface area contributed by atoms with Crippen LogP contribution in [0.4, 0.5) is 10.1 Å². The van der Waals surface area contributed by atoms with E-state index in [9.17, 15) is 22.4 Å². The molecule has 2 amide bonds. The second kappa shape index (κ2) is 9.67. The zero-order valence-corrected chi connectivity index (χ0v) is 22.8. The molecule has 4 aliphatic rings. The normalized spacial score (nSPS) is 28.7. The van der Waals surface area contributed by atoms with E-state index in [-0.39, 0.29) is 75.5 Å². The van der Waals surface area contributed by atoms with Crippen molar-refractivity contribution in [2.75, 3.05) is 0 Å². The summed E-state index contributed by atoms with van der Waals surface area (Å²) in [5, 5.41) is 2.79. The summed E-state index contributed by atoms with van der Waals surface area (Å²) in [6.07, 6.45) is 4.17. The summed E-state index contributed by atoms with van der Waals surface area (Å²) in [6.45, 7) is 0. The average Bonchev–Trinajstić information content (AvgIpc) is 2.77. The molecule has 0 spiro atoms. The standard InChI is InChI=1S/C24H24ClFN3O4S.Na/c25-18-5-2-6-19(20(18)26)34(32,33)29-17-4-1-3-14(9-17)22(30)28-21-15-7-13-8-16(21)12-24(10-13,11-15)23(27)31;/h1-6,9,13,15-16,21H,7-8,10-12H2,(H2,27,31)(H,28,30);/q-1;+1. The number of hydrogen-bond donors (Lipinski definition) is 2. The van der Waals surface area contributed by atoms with Gasteiger partial charge in [0, 0.05) is 17.0 Å². The first kappa shape index (κ1) is 26.4. The molecule has 3 N–H and O–H groups in total. The maximum atomic E-state index is 14.2. The smallest absolute Gasteiger partial charge is 0.573 e. The van der Waals surface area contributed by atoms with Gasteiger partial charge in [-0.05, 0) is 68.1 Å². The molecule has 4 fully saturated rings. The predicted molar refractivity (Wildman–Crippen MR) is 124 cm³/mol. The van der Waals surface area contributed by atoms with Crippen LogP contribution in [0, 0.1) is 29.0 Å². The van der Waals surface area contributed by atoms with Gasteiger partial charge >= 0.3 is 29.6 Å². The second-order valence-electron chi connectivity index (χ2n) is 9.78. The third kappa shape index (κ3) is 4.85. The SMILES string of the molecule is NC(=O)C12CC3CC(C1)C(NC(=O)c1cccc([N-]S(=O)(=O)c4cccc(Cl)c4F)c1)C(C3)C2.[Na+]. The summed E-state index contributed by atoms with van der Waals surface area (Å²) in [4.78, 5) is 24.6. The number of halogens is 2. The molecule has 2 aromatic rings. The predicted octanol–water partition coefficient (Wildman–Crippen LogP) is 1.29. The number of primary amides is 1.